The van der Waals surface area contributed by atoms with E-state index in [2.05, 4.69) is 40.6 Å². The lowest BCUT2D eigenvalue weighted by molar-refractivity contribution is -0.121. The molecule has 1 aliphatic carbocycles. The Balaban J connectivity index is 1.45. The summed E-state index contributed by atoms with van der Waals surface area (Å²) >= 11 is 1.51. The fourth-order valence-corrected chi connectivity index (χ4v) is 4.38. The molecule has 3 nitrogen and oxygen atoms in total. The smallest absolute Gasteiger partial charge is 0.233 e. The molecule has 0 unspecified atom stereocenters. The van der Waals surface area contributed by atoms with E-state index in [1.54, 1.807) is 0 Å². The van der Waals surface area contributed by atoms with Gasteiger partial charge in [-0.1, -0.05) is 60.3 Å². The molecule has 0 fully saturated rings. The van der Waals surface area contributed by atoms with Crippen LogP contribution in [0.1, 0.15) is 36.9 Å². The van der Waals surface area contributed by atoms with Gasteiger partial charge in [-0.05, 0) is 49.4 Å². The Labute approximate surface area is 158 Å². The average molecular weight is 362 g/mol. The summed E-state index contributed by atoms with van der Waals surface area (Å²) in [5, 5.41) is 5.06. The molecule has 26 heavy (non-hydrogen) atoms. The summed E-state index contributed by atoms with van der Waals surface area (Å²) in [5.41, 5.74) is 3.60. The van der Waals surface area contributed by atoms with Crippen molar-refractivity contribution in [2.24, 2.45) is 0 Å². The Hall–Kier alpha value is -2.33. The second-order valence-electron chi connectivity index (χ2n) is 6.75. The number of pyridine rings is 1. The Bertz CT molecular complexity index is 940. The van der Waals surface area contributed by atoms with Crippen molar-refractivity contribution in [2.75, 3.05) is 0 Å². The number of hydrogen-bond donors (Lipinski definition) is 1. The van der Waals surface area contributed by atoms with Crippen molar-refractivity contribution < 1.29 is 4.79 Å². The molecule has 1 N–H and O–H groups in total. The molecular formula is C22H22N2OS. The summed E-state index contributed by atoms with van der Waals surface area (Å²) in [4.78, 5) is 17.4. The highest BCUT2D eigenvalue weighted by Crippen LogP contribution is 2.30. The third kappa shape index (κ3) is 3.61. The summed E-state index contributed by atoms with van der Waals surface area (Å²) in [6, 6.07) is 20.7. The minimum atomic E-state index is -0.183. The number of aryl methyl sites for hydroxylation is 1. The maximum absolute atomic E-state index is 12.7. The summed E-state index contributed by atoms with van der Waals surface area (Å²) in [7, 11) is 0. The minimum Gasteiger partial charge on any atom is -0.348 e. The van der Waals surface area contributed by atoms with Crippen LogP contribution in [0.4, 0.5) is 0 Å². The van der Waals surface area contributed by atoms with Gasteiger partial charge in [0.05, 0.1) is 21.8 Å². The lowest BCUT2D eigenvalue weighted by atomic mass is 9.88. The van der Waals surface area contributed by atoms with Crippen molar-refractivity contribution in [3.8, 4) is 0 Å². The normalized spacial score (nSPS) is 17.5. The number of carbonyl (C=O) groups is 1. The van der Waals surface area contributed by atoms with Gasteiger partial charge in [-0.15, -0.1) is 0 Å². The molecule has 0 aliphatic heterocycles. The molecule has 4 heteroatoms. The van der Waals surface area contributed by atoms with Crippen molar-refractivity contribution in [2.45, 2.75) is 42.5 Å². The van der Waals surface area contributed by atoms with Crippen molar-refractivity contribution >= 4 is 28.6 Å². The molecule has 1 aliphatic rings. The Morgan fingerprint density at radius 3 is 2.85 bits per heavy atom. The monoisotopic (exact) mass is 362 g/mol. The number of nitrogens with zero attached hydrogens (tertiary/aromatic N) is 1. The largest absolute Gasteiger partial charge is 0.348 e. The van der Waals surface area contributed by atoms with Crippen molar-refractivity contribution in [3.05, 3.63) is 71.8 Å². The minimum absolute atomic E-state index is 0.0756. The highest BCUT2D eigenvalue weighted by Gasteiger charge is 2.24. The first-order valence-electron chi connectivity index (χ1n) is 9.11. The summed E-state index contributed by atoms with van der Waals surface area (Å²) in [6.45, 7) is 1.95. The van der Waals surface area contributed by atoms with E-state index < -0.39 is 0 Å². The van der Waals surface area contributed by atoms with Crippen LogP contribution in [0, 0.1) is 0 Å². The Morgan fingerprint density at radius 2 is 1.92 bits per heavy atom. The maximum Gasteiger partial charge on any atom is 0.233 e. The van der Waals surface area contributed by atoms with Gasteiger partial charge in [0.2, 0.25) is 5.91 Å². The lowest BCUT2D eigenvalue weighted by Gasteiger charge is -2.27. The molecule has 1 amide bonds. The van der Waals surface area contributed by atoms with Crippen LogP contribution < -0.4 is 5.32 Å². The molecule has 0 radical (unpaired) electrons. The van der Waals surface area contributed by atoms with Crippen LogP contribution in [0.25, 0.3) is 10.9 Å². The molecule has 0 spiro atoms. The molecule has 3 aromatic rings. The van der Waals surface area contributed by atoms with Gasteiger partial charge in [0.25, 0.3) is 0 Å². The maximum atomic E-state index is 12.7. The fraction of sp³-hybridized carbons (Fsp3) is 0.273. The van der Waals surface area contributed by atoms with E-state index >= 15 is 0 Å². The van der Waals surface area contributed by atoms with E-state index in [0.29, 0.717) is 0 Å². The van der Waals surface area contributed by atoms with Gasteiger partial charge >= 0.3 is 0 Å². The van der Waals surface area contributed by atoms with E-state index in [0.717, 1.165) is 35.2 Å². The molecule has 132 valence electrons. The highest BCUT2D eigenvalue weighted by molar-refractivity contribution is 8.00. The van der Waals surface area contributed by atoms with E-state index in [1.807, 2.05) is 37.3 Å². The van der Waals surface area contributed by atoms with Gasteiger partial charge in [-0.2, -0.15) is 0 Å². The number of hydrogen-bond acceptors (Lipinski definition) is 3. The Morgan fingerprint density at radius 1 is 1.12 bits per heavy atom. The molecule has 4 rings (SSSR count). The van der Waals surface area contributed by atoms with Crippen LogP contribution in [0.5, 0.6) is 0 Å². The van der Waals surface area contributed by atoms with Gasteiger partial charge in [-0.25, -0.2) is 4.98 Å². The quantitative estimate of drug-likeness (QED) is 0.671. The standard InChI is InChI=1S/C22H22N2OS/c1-15(26-21-14-13-17-8-3-5-11-19(17)23-21)22(25)24-20-12-6-9-16-7-2-4-10-18(16)20/h2-5,7-8,10-11,13-15,20H,6,9,12H2,1H3,(H,24,25)/t15-,20+/m1/s1. The van der Waals surface area contributed by atoms with Gasteiger partial charge in [0, 0.05) is 5.39 Å². The number of rotatable bonds is 4. The zero-order chi connectivity index (χ0) is 17.9. The molecule has 2 atom stereocenters. The second-order valence-corrected chi connectivity index (χ2v) is 8.12. The lowest BCUT2D eigenvalue weighted by Crippen LogP contribution is -2.35. The van der Waals surface area contributed by atoms with Crippen molar-refractivity contribution in [1.29, 1.82) is 0 Å². The number of carbonyl (C=O) groups excluding carboxylic acids is 1. The van der Waals surface area contributed by atoms with Crippen LogP contribution in [0.3, 0.4) is 0 Å². The number of para-hydroxylation sites is 1. The van der Waals surface area contributed by atoms with Crippen LogP contribution >= 0.6 is 11.8 Å². The van der Waals surface area contributed by atoms with Crippen LogP contribution in [-0.2, 0) is 11.2 Å². The Kier molecular flexibility index (Phi) is 4.93. The van der Waals surface area contributed by atoms with Gasteiger partial charge in [0.15, 0.2) is 0 Å². The fourth-order valence-electron chi connectivity index (χ4n) is 3.54. The first kappa shape index (κ1) is 17.1. The number of thioether (sulfide) groups is 1. The van der Waals surface area contributed by atoms with Gasteiger partial charge in [-0.3, -0.25) is 4.79 Å². The van der Waals surface area contributed by atoms with Crippen LogP contribution in [-0.4, -0.2) is 16.1 Å². The number of benzene rings is 2. The molecule has 0 bridgehead atoms. The van der Waals surface area contributed by atoms with E-state index in [-0.39, 0.29) is 17.2 Å². The van der Waals surface area contributed by atoms with Gasteiger partial charge in [0.1, 0.15) is 0 Å². The second kappa shape index (κ2) is 7.50. The van der Waals surface area contributed by atoms with Crippen molar-refractivity contribution in [1.82, 2.24) is 10.3 Å². The molecule has 0 saturated carbocycles. The predicted molar refractivity (Wildman–Crippen MR) is 107 cm³/mol. The molecule has 2 aromatic carbocycles. The number of aromatic nitrogens is 1. The van der Waals surface area contributed by atoms with E-state index in [9.17, 15) is 4.79 Å². The van der Waals surface area contributed by atoms with Crippen LogP contribution in [0.2, 0.25) is 0 Å². The number of fused-ring (bicyclic) bond motifs is 2. The first-order valence-corrected chi connectivity index (χ1v) is 9.99. The SMILES string of the molecule is C[C@@H](Sc1ccc2ccccc2n1)C(=O)N[C@H]1CCCc2ccccc21. The summed E-state index contributed by atoms with van der Waals surface area (Å²) in [5.74, 6) is 0.0756. The third-order valence-corrected chi connectivity index (χ3v) is 5.96. The third-order valence-electron chi connectivity index (χ3n) is 4.93. The first-order chi connectivity index (χ1) is 12.7. The summed E-state index contributed by atoms with van der Waals surface area (Å²) in [6.07, 6.45) is 3.23. The zero-order valence-electron chi connectivity index (χ0n) is 14.8. The molecule has 0 saturated heterocycles. The molecular weight excluding hydrogens is 340 g/mol. The topological polar surface area (TPSA) is 42.0 Å². The highest BCUT2D eigenvalue weighted by atomic mass is 32.2. The van der Waals surface area contributed by atoms with E-state index in [4.69, 9.17) is 0 Å². The van der Waals surface area contributed by atoms with Crippen LogP contribution in [0.15, 0.2) is 65.7 Å². The number of amides is 1. The molecule has 1 heterocycles. The van der Waals surface area contributed by atoms with E-state index in [1.165, 1.54) is 22.9 Å². The number of nitrogens with one attached hydrogen (secondary N) is 1. The predicted octanol–water partition coefficient (Wildman–Crippen LogP) is 4.91. The summed E-state index contributed by atoms with van der Waals surface area (Å²) < 4.78 is 0. The molecule has 1 aromatic heterocycles. The van der Waals surface area contributed by atoms with Crippen molar-refractivity contribution in [3.63, 3.8) is 0 Å². The van der Waals surface area contributed by atoms with Gasteiger partial charge < -0.3 is 5.32 Å². The zero-order valence-corrected chi connectivity index (χ0v) is 15.6. The average Bonchev–Trinajstić information content (AvgIpc) is 2.68.